The zero-order valence-electron chi connectivity index (χ0n) is 20.9. The number of aromatic nitrogens is 3. The minimum absolute atomic E-state index is 0.0427. The topological polar surface area (TPSA) is 86.5 Å². The highest BCUT2D eigenvalue weighted by molar-refractivity contribution is 5.81. The molecule has 7 nitrogen and oxygen atoms in total. The Kier molecular flexibility index (Phi) is 7.35. The minimum atomic E-state index is -2.94. The summed E-state index contributed by atoms with van der Waals surface area (Å²) in [5.74, 6) is 0.230. The van der Waals surface area contributed by atoms with E-state index in [2.05, 4.69) is 41.8 Å². The van der Waals surface area contributed by atoms with Crippen molar-refractivity contribution in [3.8, 4) is 5.88 Å². The second kappa shape index (κ2) is 10.7. The first-order valence-corrected chi connectivity index (χ1v) is 12.7. The first-order valence-electron chi connectivity index (χ1n) is 12.7. The zero-order chi connectivity index (χ0) is 26.1. The number of aliphatic hydroxyl groups is 1. The maximum absolute atomic E-state index is 13.8. The Labute approximate surface area is 214 Å². The van der Waals surface area contributed by atoms with Crippen molar-refractivity contribution in [2.75, 3.05) is 13.2 Å². The predicted molar refractivity (Wildman–Crippen MR) is 134 cm³/mol. The van der Waals surface area contributed by atoms with Gasteiger partial charge >= 0.3 is 6.61 Å². The molecule has 1 aliphatic heterocycles. The number of alkyl halides is 2. The maximum Gasteiger partial charge on any atom is 0.388 e. The van der Waals surface area contributed by atoms with Gasteiger partial charge in [0.15, 0.2) is 0 Å². The molecule has 2 unspecified atom stereocenters. The van der Waals surface area contributed by atoms with Crippen LogP contribution in [0.1, 0.15) is 49.6 Å². The van der Waals surface area contributed by atoms with Gasteiger partial charge in [0.25, 0.3) is 5.56 Å². The number of hydrogen-bond acceptors (Lipinski definition) is 6. The largest absolute Gasteiger partial charge is 0.417 e. The zero-order valence-corrected chi connectivity index (χ0v) is 20.9. The first kappa shape index (κ1) is 25.5. The lowest BCUT2D eigenvalue weighted by Gasteiger charge is -2.31. The summed E-state index contributed by atoms with van der Waals surface area (Å²) >= 11 is 0. The van der Waals surface area contributed by atoms with Crippen LogP contribution in [0.2, 0.25) is 0 Å². The van der Waals surface area contributed by atoms with Crippen LogP contribution >= 0.6 is 0 Å². The van der Waals surface area contributed by atoms with Crippen LogP contribution in [-0.4, -0.2) is 45.6 Å². The molecule has 1 N–H and O–H groups in total. The fourth-order valence-corrected chi connectivity index (χ4v) is 5.48. The third kappa shape index (κ3) is 5.29. The third-order valence-electron chi connectivity index (χ3n) is 7.47. The van der Waals surface area contributed by atoms with Crippen LogP contribution in [0.4, 0.5) is 8.78 Å². The molecule has 0 radical (unpaired) electrons. The summed E-state index contributed by atoms with van der Waals surface area (Å²) in [6.07, 6.45) is 11.0. The van der Waals surface area contributed by atoms with Gasteiger partial charge < -0.3 is 14.6 Å². The van der Waals surface area contributed by atoms with E-state index in [4.69, 9.17) is 9.72 Å². The first-order chi connectivity index (χ1) is 17.8. The normalized spacial score (nSPS) is 25.7. The van der Waals surface area contributed by atoms with E-state index in [-0.39, 0.29) is 30.0 Å². The van der Waals surface area contributed by atoms with Crippen LogP contribution in [0.5, 0.6) is 5.88 Å². The lowest BCUT2D eigenvalue weighted by atomic mass is 9.76. The molecular weight excluding hydrogens is 480 g/mol. The number of halogens is 2. The summed E-state index contributed by atoms with van der Waals surface area (Å²) in [4.78, 5) is 22.4. The third-order valence-corrected chi connectivity index (χ3v) is 7.47. The lowest BCUT2D eigenvalue weighted by molar-refractivity contribution is -0.0528. The molecule has 0 aromatic carbocycles. The predicted octanol–water partition coefficient (Wildman–Crippen LogP) is 4.27. The van der Waals surface area contributed by atoms with Crippen LogP contribution in [-0.2, 0) is 17.6 Å². The van der Waals surface area contributed by atoms with E-state index in [1.54, 1.807) is 17.0 Å². The fourth-order valence-electron chi connectivity index (χ4n) is 5.48. The van der Waals surface area contributed by atoms with Crippen molar-refractivity contribution < 1.29 is 23.4 Å². The molecule has 2 aromatic rings. The molecule has 0 bridgehead atoms. The molecule has 2 aliphatic carbocycles. The molecule has 0 saturated carbocycles. The molecule has 1 saturated heterocycles. The Hall–Kier alpha value is -3.17. The summed E-state index contributed by atoms with van der Waals surface area (Å²) in [5.41, 5.74) is 5.09. The Balaban J connectivity index is 1.56. The number of ether oxygens (including phenoxy) is 2. The molecule has 5 rings (SSSR count). The molecule has 1 fully saturated rings. The summed E-state index contributed by atoms with van der Waals surface area (Å²) in [6.45, 7) is 2.00. The van der Waals surface area contributed by atoms with Crippen molar-refractivity contribution in [2.24, 2.45) is 11.8 Å². The van der Waals surface area contributed by atoms with Gasteiger partial charge in [0.05, 0.1) is 30.8 Å². The van der Waals surface area contributed by atoms with Gasteiger partial charge in [-0.15, -0.1) is 0 Å². The summed E-state index contributed by atoms with van der Waals surface area (Å²) in [6, 6.07) is 2.93. The van der Waals surface area contributed by atoms with E-state index < -0.39 is 12.7 Å². The van der Waals surface area contributed by atoms with E-state index in [1.165, 1.54) is 12.3 Å². The molecule has 0 amide bonds. The Morgan fingerprint density at radius 2 is 2.11 bits per heavy atom. The van der Waals surface area contributed by atoms with E-state index in [9.17, 15) is 18.7 Å². The smallest absolute Gasteiger partial charge is 0.388 e. The Bertz CT molecular complexity index is 1320. The number of nitrogens with zero attached hydrogens (tertiary/aromatic N) is 3. The molecule has 0 spiro atoms. The van der Waals surface area contributed by atoms with Gasteiger partial charge in [-0.3, -0.25) is 9.36 Å². The van der Waals surface area contributed by atoms with Crippen molar-refractivity contribution in [1.82, 2.24) is 14.5 Å². The molecule has 37 heavy (non-hydrogen) atoms. The Morgan fingerprint density at radius 1 is 1.27 bits per heavy atom. The van der Waals surface area contributed by atoms with Gasteiger partial charge in [-0.05, 0) is 48.8 Å². The number of fused-ring (bicyclic) bond motifs is 3. The van der Waals surface area contributed by atoms with Crippen molar-refractivity contribution in [2.45, 2.75) is 58.3 Å². The number of aliphatic hydroxyl groups excluding tert-OH is 1. The van der Waals surface area contributed by atoms with Gasteiger partial charge in [-0.1, -0.05) is 37.6 Å². The molecular formula is C28H31F2N3O4. The average molecular weight is 512 g/mol. The number of hydrogen-bond donors (Lipinski definition) is 1. The molecule has 2 aromatic heterocycles. The highest BCUT2D eigenvalue weighted by Gasteiger charge is 2.31. The molecule has 3 aliphatic rings. The highest BCUT2D eigenvalue weighted by Crippen LogP contribution is 2.40. The molecule has 3 heterocycles. The van der Waals surface area contributed by atoms with Crippen LogP contribution in [0, 0.1) is 11.8 Å². The summed E-state index contributed by atoms with van der Waals surface area (Å²) < 4.78 is 36.8. The van der Waals surface area contributed by atoms with Gasteiger partial charge in [-0.25, -0.2) is 9.97 Å². The van der Waals surface area contributed by atoms with Crippen molar-refractivity contribution in [1.29, 1.82) is 0 Å². The van der Waals surface area contributed by atoms with Crippen molar-refractivity contribution in [3.63, 3.8) is 0 Å². The van der Waals surface area contributed by atoms with Gasteiger partial charge in [0.1, 0.15) is 0 Å². The van der Waals surface area contributed by atoms with Crippen molar-refractivity contribution >= 4 is 5.57 Å². The van der Waals surface area contributed by atoms with Crippen LogP contribution in [0.25, 0.3) is 5.57 Å². The SMILES string of the molecule is CC1C=C2C(=CC1)C(C)C(Cc1ccnc(OC(F)F)c1)=CCc1c2ncn([C@H]2CCOC[C@@H]2O)c1=O. The maximum atomic E-state index is 13.8. The monoisotopic (exact) mass is 511 g/mol. The van der Waals surface area contributed by atoms with Gasteiger partial charge in [-0.2, -0.15) is 8.78 Å². The van der Waals surface area contributed by atoms with E-state index in [1.807, 2.05) is 0 Å². The number of allylic oxidation sites excluding steroid dienone is 6. The standard InChI is InChI=1S/C28H31F2N3O4/c1-16-3-5-20-17(2)19(12-18-7-9-31-25(13-18)37-28(29)30)4-6-21-26(22(20)11-16)32-15-33(27(21)35)23-8-10-36-14-24(23)34/h4-5,7,9,11,13,15-17,23-24,28,34H,3,6,8,10,12,14H2,1-2H3/t16?,17?,23-,24-/m0/s1. The van der Waals surface area contributed by atoms with E-state index in [0.717, 1.165) is 28.7 Å². The second-order valence-corrected chi connectivity index (χ2v) is 10.00. The summed E-state index contributed by atoms with van der Waals surface area (Å²) in [5, 5.41) is 10.5. The molecule has 9 heteroatoms. The van der Waals surface area contributed by atoms with E-state index >= 15 is 0 Å². The van der Waals surface area contributed by atoms with Gasteiger partial charge in [0, 0.05) is 35.9 Å². The quantitative estimate of drug-likeness (QED) is 0.604. The van der Waals surface area contributed by atoms with E-state index in [0.29, 0.717) is 43.0 Å². The number of pyridine rings is 1. The molecule has 196 valence electrons. The molecule has 4 atom stereocenters. The number of rotatable bonds is 5. The van der Waals surface area contributed by atoms with Crippen LogP contribution in [0.15, 0.2) is 58.8 Å². The Morgan fingerprint density at radius 3 is 2.89 bits per heavy atom. The summed E-state index contributed by atoms with van der Waals surface area (Å²) in [7, 11) is 0. The highest BCUT2D eigenvalue weighted by atomic mass is 19.3. The average Bonchev–Trinajstić information content (AvgIpc) is 2.86. The minimum Gasteiger partial charge on any atom is -0.417 e. The second-order valence-electron chi connectivity index (χ2n) is 10.00. The van der Waals surface area contributed by atoms with Crippen LogP contribution < -0.4 is 10.3 Å². The lowest BCUT2D eigenvalue weighted by Crippen LogP contribution is -2.40. The van der Waals surface area contributed by atoms with Crippen LogP contribution in [0.3, 0.4) is 0 Å². The fraction of sp³-hybridized carbons (Fsp3) is 0.464. The van der Waals surface area contributed by atoms with Crippen molar-refractivity contribution in [3.05, 3.63) is 81.2 Å². The van der Waals surface area contributed by atoms with Gasteiger partial charge in [0.2, 0.25) is 5.88 Å².